The topological polar surface area (TPSA) is 63.4 Å². The normalized spacial score (nSPS) is 25.9. The molecule has 0 aromatic carbocycles. The van der Waals surface area contributed by atoms with Gasteiger partial charge in [-0.3, -0.25) is 4.31 Å². The first kappa shape index (κ1) is 14.6. The van der Waals surface area contributed by atoms with Gasteiger partial charge in [0.1, 0.15) is 0 Å². The molecule has 2 N–H and O–H groups in total. The largest absolute Gasteiger partial charge is 0.324 e. The molecule has 0 radical (unpaired) electrons. The molecule has 1 unspecified atom stereocenters. The van der Waals surface area contributed by atoms with Crippen molar-refractivity contribution in [3.63, 3.8) is 0 Å². The van der Waals surface area contributed by atoms with Crippen LogP contribution < -0.4 is 5.73 Å². The van der Waals surface area contributed by atoms with E-state index < -0.39 is 10.0 Å². The summed E-state index contributed by atoms with van der Waals surface area (Å²) in [4.78, 5) is 0.363. The van der Waals surface area contributed by atoms with Gasteiger partial charge in [-0.1, -0.05) is 25.0 Å². The summed E-state index contributed by atoms with van der Waals surface area (Å²) in [7, 11) is -1.91. The Morgan fingerprint density at radius 3 is 2.89 bits per heavy atom. The monoisotopic (exact) mass is 266 g/mol. The Morgan fingerprint density at radius 2 is 2.33 bits per heavy atom. The maximum absolute atomic E-state index is 12.2. The Balaban J connectivity index is 3.21. The number of sulfonamides is 1. The van der Waals surface area contributed by atoms with Crippen LogP contribution in [0.3, 0.4) is 0 Å². The number of rotatable bonds is 2. The van der Waals surface area contributed by atoms with Crippen LogP contribution in [-0.2, 0) is 10.0 Å². The summed E-state index contributed by atoms with van der Waals surface area (Å²) in [5.74, 6) is 2.35. The Kier molecular flexibility index (Phi) is 4.76. The molecular formula is C13H18N2O2S. The van der Waals surface area contributed by atoms with Crippen molar-refractivity contribution in [3.05, 3.63) is 34.9 Å². The van der Waals surface area contributed by atoms with Gasteiger partial charge >= 0.3 is 0 Å². The van der Waals surface area contributed by atoms with Crippen molar-refractivity contribution in [2.45, 2.75) is 25.8 Å². The number of nitrogens with zero attached hydrogens (tertiary/aromatic N) is 1. The summed E-state index contributed by atoms with van der Waals surface area (Å²) in [6, 6.07) is -0.301. The highest BCUT2D eigenvalue weighted by Crippen LogP contribution is 2.26. The predicted molar refractivity (Wildman–Crippen MR) is 73.7 cm³/mol. The van der Waals surface area contributed by atoms with E-state index in [4.69, 9.17) is 12.2 Å². The van der Waals surface area contributed by atoms with Gasteiger partial charge in [-0.15, -0.1) is 6.42 Å². The molecule has 0 saturated carbocycles. The summed E-state index contributed by atoms with van der Waals surface area (Å²) in [6.45, 7) is 1.80. The lowest BCUT2D eigenvalue weighted by atomic mass is 10.1. The van der Waals surface area contributed by atoms with Crippen LogP contribution in [0.25, 0.3) is 0 Å². The summed E-state index contributed by atoms with van der Waals surface area (Å²) < 4.78 is 25.8. The fourth-order valence-electron chi connectivity index (χ4n) is 1.77. The molecule has 0 fully saturated rings. The van der Waals surface area contributed by atoms with Gasteiger partial charge in [-0.25, -0.2) is 8.42 Å². The molecule has 0 spiro atoms. The number of hydrogen-bond acceptors (Lipinski definition) is 3. The van der Waals surface area contributed by atoms with Gasteiger partial charge in [-0.05, 0) is 18.6 Å². The average molecular weight is 266 g/mol. The van der Waals surface area contributed by atoms with E-state index in [0.717, 1.165) is 0 Å². The van der Waals surface area contributed by atoms with E-state index in [0.29, 0.717) is 23.4 Å². The lowest BCUT2D eigenvalue weighted by molar-refractivity contribution is 0.519. The molecule has 0 aromatic rings. The summed E-state index contributed by atoms with van der Waals surface area (Å²) in [6.07, 6.45) is 12.5. The molecule has 1 rings (SSSR count). The fraction of sp³-hybridized carbons (Fsp3) is 0.385. The zero-order valence-corrected chi connectivity index (χ0v) is 11.4. The molecule has 0 saturated heterocycles. The molecule has 18 heavy (non-hydrogen) atoms. The molecule has 1 heterocycles. The molecule has 1 aliphatic rings. The standard InChI is InChI=1S/C13H18N2O2S/c1-4-6-7-8-12-9-11(14)10-13(5-2)18(16,17)15(12)3/h1,6-8,10-11H,5,9,14H2,2-3H3/b7-6-,12-8+. The second-order valence-corrected chi connectivity index (χ2v) is 6.03. The zero-order valence-electron chi connectivity index (χ0n) is 10.6. The van der Waals surface area contributed by atoms with Crippen LogP contribution in [0.1, 0.15) is 19.8 Å². The van der Waals surface area contributed by atoms with Crippen molar-refractivity contribution < 1.29 is 8.42 Å². The second kappa shape index (κ2) is 5.89. The highest BCUT2D eigenvalue weighted by atomic mass is 32.2. The molecule has 4 nitrogen and oxygen atoms in total. The van der Waals surface area contributed by atoms with E-state index in [2.05, 4.69) is 5.92 Å². The lowest BCUT2D eigenvalue weighted by Crippen LogP contribution is -2.26. The zero-order chi connectivity index (χ0) is 13.8. The second-order valence-electron chi connectivity index (χ2n) is 4.01. The molecule has 1 aliphatic heterocycles. The van der Waals surface area contributed by atoms with Gasteiger partial charge in [0.15, 0.2) is 0 Å². The van der Waals surface area contributed by atoms with Crippen LogP contribution in [0.2, 0.25) is 0 Å². The summed E-state index contributed by atoms with van der Waals surface area (Å²) >= 11 is 0. The number of nitrogens with two attached hydrogens (primary N) is 1. The van der Waals surface area contributed by atoms with Crippen LogP contribution >= 0.6 is 0 Å². The number of terminal acetylenes is 1. The van der Waals surface area contributed by atoms with Gasteiger partial charge in [0, 0.05) is 25.2 Å². The first-order chi connectivity index (χ1) is 8.43. The van der Waals surface area contributed by atoms with E-state index in [9.17, 15) is 8.42 Å². The highest BCUT2D eigenvalue weighted by molar-refractivity contribution is 7.93. The molecule has 98 valence electrons. The number of allylic oxidation sites excluding steroid dienone is 4. The van der Waals surface area contributed by atoms with Gasteiger partial charge in [0.25, 0.3) is 10.0 Å². The van der Waals surface area contributed by atoms with Crippen LogP contribution in [0.5, 0.6) is 0 Å². The minimum Gasteiger partial charge on any atom is -0.324 e. The third kappa shape index (κ3) is 3.03. The van der Waals surface area contributed by atoms with Crippen molar-refractivity contribution >= 4 is 10.0 Å². The van der Waals surface area contributed by atoms with Gasteiger partial charge in [0.05, 0.1) is 4.91 Å². The van der Waals surface area contributed by atoms with E-state index in [-0.39, 0.29) is 6.04 Å². The van der Waals surface area contributed by atoms with E-state index >= 15 is 0 Å². The quantitative estimate of drug-likeness (QED) is 0.767. The first-order valence-electron chi connectivity index (χ1n) is 5.70. The molecule has 5 heteroatoms. The maximum atomic E-state index is 12.2. The number of hydrogen-bond donors (Lipinski definition) is 1. The third-order valence-electron chi connectivity index (χ3n) is 2.77. The predicted octanol–water partition coefficient (Wildman–Crippen LogP) is 1.35. The Bertz CT molecular complexity index is 536. The Hall–Kier alpha value is -1.51. The van der Waals surface area contributed by atoms with E-state index in [1.807, 2.05) is 0 Å². The smallest absolute Gasteiger partial charge is 0.259 e. The molecule has 0 amide bonds. The van der Waals surface area contributed by atoms with Crippen molar-refractivity contribution in [2.24, 2.45) is 5.73 Å². The molecule has 0 bridgehead atoms. The van der Waals surface area contributed by atoms with E-state index in [1.165, 1.54) is 17.4 Å². The SMILES string of the molecule is C#C/C=C\C=C1/CC(N)C=C(CC)S(=O)(=O)N1C. The van der Waals surface area contributed by atoms with Gasteiger partial charge in [0.2, 0.25) is 0 Å². The van der Waals surface area contributed by atoms with Crippen LogP contribution in [-0.4, -0.2) is 25.8 Å². The summed E-state index contributed by atoms with van der Waals surface area (Å²) in [5, 5.41) is 0. The van der Waals surface area contributed by atoms with Crippen molar-refractivity contribution in [1.29, 1.82) is 0 Å². The lowest BCUT2D eigenvalue weighted by Gasteiger charge is -2.21. The van der Waals surface area contributed by atoms with E-state index in [1.54, 1.807) is 25.2 Å². The highest BCUT2D eigenvalue weighted by Gasteiger charge is 2.28. The van der Waals surface area contributed by atoms with Crippen molar-refractivity contribution in [2.75, 3.05) is 7.05 Å². The molecular weight excluding hydrogens is 248 g/mol. The Labute approximate surface area is 109 Å². The van der Waals surface area contributed by atoms with Gasteiger partial charge < -0.3 is 5.73 Å². The fourth-order valence-corrected chi connectivity index (χ4v) is 3.28. The minimum atomic E-state index is -3.45. The van der Waals surface area contributed by atoms with Crippen LogP contribution in [0.15, 0.2) is 34.9 Å². The van der Waals surface area contributed by atoms with Crippen molar-refractivity contribution in [1.82, 2.24) is 4.31 Å². The maximum Gasteiger partial charge on any atom is 0.259 e. The van der Waals surface area contributed by atoms with Crippen molar-refractivity contribution in [3.8, 4) is 12.3 Å². The minimum absolute atomic E-state index is 0.301. The third-order valence-corrected chi connectivity index (χ3v) is 4.81. The molecule has 0 aromatic heterocycles. The first-order valence-corrected chi connectivity index (χ1v) is 7.14. The molecule has 0 aliphatic carbocycles. The molecule has 1 atom stereocenters. The van der Waals surface area contributed by atoms with Crippen LogP contribution in [0.4, 0.5) is 0 Å². The van der Waals surface area contributed by atoms with Crippen LogP contribution in [0, 0.1) is 12.3 Å². The Morgan fingerprint density at radius 1 is 1.67 bits per heavy atom. The summed E-state index contributed by atoms with van der Waals surface area (Å²) in [5.41, 5.74) is 6.54. The average Bonchev–Trinajstić information content (AvgIpc) is 2.40. The van der Waals surface area contributed by atoms with Gasteiger partial charge in [-0.2, -0.15) is 0 Å².